The van der Waals surface area contributed by atoms with E-state index in [0.717, 1.165) is 44.0 Å². The highest BCUT2D eigenvalue weighted by Crippen LogP contribution is 2.43. The molecule has 6 N–H and O–H groups in total. The summed E-state index contributed by atoms with van der Waals surface area (Å²) in [4.78, 5) is 31.3. The second kappa shape index (κ2) is 11.8. The van der Waals surface area contributed by atoms with E-state index < -0.39 is 43.7 Å². The largest absolute Gasteiger partial charge is 0.470 e. The zero-order chi connectivity index (χ0) is 23.3. The fourth-order valence-electron chi connectivity index (χ4n) is 4.38. The number of aliphatic hydroxyl groups is 2. The smallest absolute Gasteiger partial charge is 0.388 e. The highest BCUT2D eigenvalue weighted by Gasteiger charge is 2.50. The van der Waals surface area contributed by atoms with Crippen molar-refractivity contribution in [1.82, 2.24) is 10.6 Å². The fourth-order valence-corrected chi connectivity index (χ4v) is 5.74. The van der Waals surface area contributed by atoms with Gasteiger partial charge in [0.1, 0.15) is 29.9 Å². The number of carbonyl (C=O) groups excluding carboxylic acids is 1. The van der Waals surface area contributed by atoms with E-state index in [1.165, 1.54) is 0 Å². The number of nitrogens with one attached hydrogen (secondary N) is 2. The van der Waals surface area contributed by atoms with E-state index in [0.29, 0.717) is 5.92 Å². The third-order valence-electron chi connectivity index (χ3n) is 5.98. The van der Waals surface area contributed by atoms with E-state index in [-0.39, 0.29) is 17.9 Å². The maximum absolute atomic E-state index is 13.0. The molecule has 2 fully saturated rings. The molecule has 0 bridgehead atoms. The van der Waals surface area contributed by atoms with Gasteiger partial charge >= 0.3 is 7.82 Å². The standard InChI is InChI=1S/C19H37N2O8PS/c1-5-6-11-7-8-20-12(9-11)18(24)21-13(10(2)3)16-14(22)15(23)17(19(28-16)31-4)29-30(25,26)27/h10-17,19-20,22-23H,5-9H2,1-4H3,(H,21,24)(H2,25,26,27). The van der Waals surface area contributed by atoms with Crippen molar-refractivity contribution < 1.29 is 38.6 Å². The van der Waals surface area contributed by atoms with Gasteiger partial charge in [0.15, 0.2) is 0 Å². The van der Waals surface area contributed by atoms with E-state index in [9.17, 15) is 19.6 Å². The molecule has 8 unspecified atom stereocenters. The Kier molecular flexibility index (Phi) is 10.3. The number of hydrogen-bond acceptors (Lipinski definition) is 8. The first kappa shape index (κ1) is 27.0. The number of piperidine rings is 1. The van der Waals surface area contributed by atoms with Crippen molar-refractivity contribution >= 4 is 25.5 Å². The van der Waals surface area contributed by atoms with Crippen LogP contribution in [-0.2, 0) is 18.6 Å². The van der Waals surface area contributed by atoms with Crippen LogP contribution in [0.15, 0.2) is 0 Å². The van der Waals surface area contributed by atoms with Gasteiger partial charge in [-0.2, -0.15) is 0 Å². The SMILES string of the molecule is CCCC1CCNC(C(=O)NC(C(C)C)C2OC(SC)C(OP(=O)(O)O)C(O)C2O)C1. The van der Waals surface area contributed by atoms with E-state index >= 15 is 0 Å². The average Bonchev–Trinajstić information content (AvgIpc) is 2.69. The third-order valence-corrected chi connectivity index (χ3v) is 7.34. The molecule has 2 heterocycles. The van der Waals surface area contributed by atoms with Crippen LogP contribution >= 0.6 is 19.6 Å². The van der Waals surface area contributed by atoms with Gasteiger partial charge in [-0.15, -0.1) is 11.8 Å². The first-order valence-electron chi connectivity index (χ1n) is 10.8. The Labute approximate surface area is 188 Å². The van der Waals surface area contributed by atoms with Crippen LogP contribution in [0.2, 0.25) is 0 Å². The van der Waals surface area contributed by atoms with Gasteiger partial charge in [0.2, 0.25) is 5.91 Å². The molecular formula is C19H37N2O8PS. The number of hydrogen-bond donors (Lipinski definition) is 6. The van der Waals surface area contributed by atoms with Crippen LogP contribution in [-0.4, -0.2) is 80.6 Å². The van der Waals surface area contributed by atoms with Gasteiger partial charge < -0.3 is 35.4 Å². The molecule has 0 radical (unpaired) electrons. The lowest BCUT2D eigenvalue weighted by Crippen LogP contribution is -2.65. The molecule has 2 aliphatic rings. The molecule has 12 heteroatoms. The third kappa shape index (κ3) is 7.38. The lowest BCUT2D eigenvalue weighted by Gasteiger charge is -2.45. The summed E-state index contributed by atoms with van der Waals surface area (Å²) in [6, 6.07) is -0.949. The van der Waals surface area contributed by atoms with E-state index in [2.05, 4.69) is 22.1 Å². The molecule has 2 aliphatic heterocycles. The number of phosphoric ester groups is 1. The number of phosphoric acid groups is 1. The van der Waals surface area contributed by atoms with Crippen molar-refractivity contribution in [2.75, 3.05) is 12.8 Å². The Hall–Kier alpha value is -0.230. The zero-order valence-corrected chi connectivity index (χ0v) is 20.2. The van der Waals surface area contributed by atoms with Gasteiger partial charge in [-0.05, 0) is 37.5 Å². The molecule has 2 rings (SSSR count). The van der Waals surface area contributed by atoms with Crippen molar-refractivity contribution in [2.24, 2.45) is 11.8 Å². The summed E-state index contributed by atoms with van der Waals surface area (Å²) in [7, 11) is -4.91. The van der Waals surface area contributed by atoms with E-state index in [1.807, 2.05) is 13.8 Å². The van der Waals surface area contributed by atoms with Crippen LogP contribution in [0.25, 0.3) is 0 Å². The molecule has 0 aromatic carbocycles. The van der Waals surface area contributed by atoms with Crippen molar-refractivity contribution in [3.8, 4) is 0 Å². The summed E-state index contributed by atoms with van der Waals surface area (Å²) >= 11 is 1.10. The Bertz CT molecular complexity index is 632. The summed E-state index contributed by atoms with van der Waals surface area (Å²) in [6.07, 6.45) is 0.0934. The van der Waals surface area contributed by atoms with Crippen LogP contribution in [0.1, 0.15) is 46.5 Å². The van der Waals surface area contributed by atoms with Crippen LogP contribution in [0.5, 0.6) is 0 Å². The molecule has 0 aromatic rings. The van der Waals surface area contributed by atoms with E-state index in [4.69, 9.17) is 14.5 Å². The fraction of sp³-hybridized carbons (Fsp3) is 0.947. The lowest BCUT2D eigenvalue weighted by molar-refractivity contribution is -0.204. The Morgan fingerprint density at radius 1 is 1.32 bits per heavy atom. The molecule has 0 spiro atoms. The molecule has 1 amide bonds. The number of carbonyl (C=O) groups is 1. The number of amides is 1. The second-order valence-corrected chi connectivity index (χ2v) is 10.8. The highest BCUT2D eigenvalue weighted by molar-refractivity contribution is 7.99. The molecule has 0 aromatic heterocycles. The van der Waals surface area contributed by atoms with Crippen molar-refractivity contribution in [3.05, 3.63) is 0 Å². The van der Waals surface area contributed by atoms with Crippen LogP contribution in [0.3, 0.4) is 0 Å². The first-order valence-corrected chi connectivity index (χ1v) is 13.6. The average molecular weight is 485 g/mol. The van der Waals surface area contributed by atoms with Crippen molar-refractivity contribution in [1.29, 1.82) is 0 Å². The first-order chi connectivity index (χ1) is 14.5. The molecule has 2 saturated heterocycles. The van der Waals surface area contributed by atoms with Gasteiger partial charge in [0.05, 0.1) is 12.1 Å². The minimum absolute atomic E-state index is 0.132. The predicted octanol–water partition coefficient (Wildman–Crippen LogP) is 0.583. The lowest BCUT2D eigenvalue weighted by atomic mass is 9.86. The summed E-state index contributed by atoms with van der Waals surface area (Å²) in [5.41, 5.74) is -0.934. The zero-order valence-electron chi connectivity index (χ0n) is 18.5. The van der Waals surface area contributed by atoms with Crippen LogP contribution in [0.4, 0.5) is 0 Å². The summed E-state index contributed by atoms with van der Waals surface area (Å²) in [5.74, 6) is 0.177. The molecule has 0 aliphatic carbocycles. The maximum atomic E-state index is 13.0. The summed E-state index contributed by atoms with van der Waals surface area (Å²) in [5, 5.41) is 27.5. The molecule has 8 atom stereocenters. The minimum Gasteiger partial charge on any atom is -0.388 e. The summed E-state index contributed by atoms with van der Waals surface area (Å²) in [6.45, 7) is 6.64. The van der Waals surface area contributed by atoms with Gasteiger partial charge in [-0.3, -0.25) is 9.32 Å². The molecule has 10 nitrogen and oxygen atoms in total. The van der Waals surface area contributed by atoms with Gasteiger partial charge in [-0.25, -0.2) is 4.57 Å². The molecular weight excluding hydrogens is 447 g/mol. The monoisotopic (exact) mass is 484 g/mol. The molecule has 182 valence electrons. The quantitative estimate of drug-likeness (QED) is 0.256. The topological polar surface area (TPSA) is 158 Å². The highest BCUT2D eigenvalue weighted by atomic mass is 32.2. The molecule has 31 heavy (non-hydrogen) atoms. The van der Waals surface area contributed by atoms with Crippen LogP contribution in [0, 0.1) is 11.8 Å². The van der Waals surface area contributed by atoms with Gasteiger partial charge in [0.25, 0.3) is 0 Å². The van der Waals surface area contributed by atoms with Crippen LogP contribution < -0.4 is 10.6 Å². The minimum atomic E-state index is -4.91. The Morgan fingerprint density at radius 2 is 2.00 bits per heavy atom. The normalized spacial score (nSPS) is 35.7. The van der Waals surface area contributed by atoms with Gasteiger partial charge in [0, 0.05) is 0 Å². The predicted molar refractivity (Wildman–Crippen MR) is 117 cm³/mol. The number of ether oxygens (including phenoxy) is 1. The number of thioether (sulfide) groups is 1. The Balaban J connectivity index is 2.13. The number of aliphatic hydroxyl groups excluding tert-OH is 2. The summed E-state index contributed by atoms with van der Waals surface area (Å²) < 4.78 is 21.9. The second-order valence-electron chi connectivity index (χ2n) is 8.71. The van der Waals surface area contributed by atoms with Crippen molar-refractivity contribution in [3.63, 3.8) is 0 Å². The van der Waals surface area contributed by atoms with Gasteiger partial charge in [-0.1, -0.05) is 33.6 Å². The van der Waals surface area contributed by atoms with E-state index in [1.54, 1.807) is 6.26 Å². The number of rotatable bonds is 9. The van der Waals surface area contributed by atoms with Crippen molar-refractivity contribution in [2.45, 2.75) is 88.4 Å². The maximum Gasteiger partial charge on any atom is 0.470 e. The Morgan fingerprint density at radius 3 is 2.55 bits per heavy atom. The molecule has 0 saturated carbocycles.